The van der Waals surface area contributed by atoms with Crippen LogP contribution in [0.3, 0.4) is 0 Å². The van der Waals surface area contributed by atoms with Crippen molar-refractivity contribution >= 4 is 41.4 Å². The van der Waals surface area contributed by atoms with Crippen molar-refractivity contribution in [1.29, 1.82) is 0 Å². The number of nitrogens with one attached hydrogen (secondary N) is 1. The Morgan fingerprint density at radius 3 is 2.15 bits per heavy atom. The molecule has 20 heavy (non-hydrogen) atoms. The first kappa shape index (κ1) is 18.9. The number of primary amides is 1. The molecule has 112 valence electrons. The maximum atomic E-state index is 11.0. The van der Waals surface area contributed by atoms with Crippen LogP contribution in [0.5, 0.6) is 0 Å². The van der Waals surface area contributed by atoms with Crippen LogP contribution in [0.15, 0.2) is 18.2 Å². The van der Waals surface area contributed by atoms with E-state index in [9.17, 15) is 4.79 Å². The molecule has 4 nitrogen and oxygen atoms in total. The van der Waals surface area contributed by atoms with Crippen molar-refractivity contribution in [2.24, 2.45) is 5.73 Å². The molecule has 0 saturated carbocycles. The molecule has 1 rings (SSSR count). The van der Waals surface area contributed by atoms with Gasteiger partial charge in [-0.3, -0.25) is 9.59 Å². The highest BCUT2D eigenvalue weighted by Gasteiger charge is 2.08. The number of nitrogens with two attached hydrogens (primary N) is 1. The standard InChI is InChI=1S/C13H19NOS.CH3NOS/c1-3-6-10-8-5-9-12(14-13(15)16)11(10)7-4-2;2-1(3)4/h5,8-9H,3-4,6-7H2,1-2H3,(H2,14,15,16);(H3,2,3,4). The van der Waals surface area contributed by atoms with Gasteiger partial charge in [0.15, 0.2) is 0 Å². The number of carbonyl (C=O) groups is 2. The van der Waals surface area contributed by atoms with Crippen LogP contribution in [-0.2, 0) is 12.8 Å². The summed E-state index contributed by atoms with van der Waals surface area (Å²) in [5.74, 6) is 0. The van der Waals surface area contributed by atoms with E-state index in [0.29, 0.717) is 0 Å². The second-order valence-corrected chi connectivity index (χ2v) is 5.06. The lowest BCUT2D eigenvalue weighted by atomic mass is 9.98. The summed E-state index contributed by atoms with van der Waals surface area (Å²) in [6.07, 6.45) is 4.26. The number of aryl methyl sites for hydroxylation is 1. The number of hydrogen-bond acceptors (Lipinski definition) is 2. The zero-order chi connectivity index (χ0) is 15.5. The average molecular weight is 314 g/mol. The van der Waals surface area contributed by atoms with Crippen LogP contribution in [0.4, 0.5) is 15.3 Å². The van der Waals surface area contributed by atoms with Crippen molar-refractivity contribution in [3.8, 4) is 0 Å². The molecule has 6 heteroatoms. The monoisotopic (exact) mass is 314 g/mol. The minimum absolute atomic E-state index is 0.300. The van der Waals surface area contributed by atoms with Gasteiger partial charge >= 0.3 is 0 Å². The summed E-state index contributed by atoms with van der Waals surface area (Å²) in [4.78, 5) is 20.1. The second kappa shape index (κ2) is 10.6. The first-order chi connectivity index (χ1) is 9.42. The Kier molecular flexibility index (Phi) is 10.0. The lowest BCUT2D eigenvalue weighted by molar-refractivity contribution is 0.267. The largest absolute Gasteiger partial charge is 0.361 e. The van der Waals surface area contributed by atoms with Gasteiger partial charge in [0.05, 0.1) is 0 Å². The summed E-state index contributed by atoms with van der Waals surface area (Å²) >= 11 is 6.87. The van der Waals surface area contributed by atoms with E-state index >= 15 is 0 Å². The SMILES string of the molecule is CCCc1cccc(NC(=O)S)c1CCC.NC(=O)S. The Morgan fingerprint density at radius 2 is 1.70 bits per heavy atom. The predicted molar refractivity (Wildman–Crippen MR) is 91.0 cm³/mol. The molecule has 0 aromatic heterocycles. The lowest BCUT2D eigenvalue weighted by Gasteiger charge is -2.13. The fraction of sp³-hybridized carbons (Fsp3) is 0.429. The minimum atomic E-state index is -0.639. The second-order valence-electron chi connectivity index (χ2n) is 4.21. The number of amides is 2. The number of benzene rings is 1. The number of thiol groups is 2. The van der Waals surface area contributed by atoms with E-state index in [2.05, 4.69) is 56.2 Å². The van der Waals surface area contributed by atoms with E-state index in [-0.39, 0.29) is 5.24 Å². The lowest BCUT2D eigenvalue weighted by Crippen LogP contribution is -2.06. The van der Waals surface area contributed by atoms with Crippen molar-refractivity contribution in [1.82, 2.24) is 0 Å². The molecule has 0 aliphatic carbocycles. The van der Waals surface area contributed by atoms with Crippen molar-refractivity contribution in [2.45, 2.75) is 39.5 Å². The van der Waals surface area contributed by atoms with Crippen molar-refractivity contribution in [3.05, 3.63) is 29.3 Å². The summed E-state index contributed by atoms with van der Waals surface area (Å²) in [5.41, 5.74) is 7.84. The van der Waals surface area contributed by atoms with E-state index in [1.54, 1.807) is 0 Å². The van der Waals surface area contributed by atoms with Gasteiger partial charge in [-0.05, 0) is 30.0 Å². The van der Waals surface area contributed by atoms with Gasteiger partial charge in [0.1, 0.15) is 0 Å². The Balaban J connectivity index is 0.000000796. The topological polar surface area (TPSA) is 72.2 Å². The van der Waals surface area contributed by atoms with Crippen LogP contribution in [0.2, 0.25) is 0 Å². The Morgan fingerprint density at radius 1 is 1.15 bits per heavy atom. The number of hydrogen-bond donors (Lipinski definition) is 4. The molecule has 3 N–H and O–H groups in total. The Hall–Kier alpha value is -1.14. The zero-order valence-electron chi connectivity index (χ0n) is 11.8. The van der Waals surface area contributed by atoms with Gasteiger partial charge in [-0.15, -0.1) is 0 Å². The smallest absolute Gasteiger partial charge is 0.280 e. The first-order valence-electron chi connectivity index (χ1n) is 6.51. The summed E-state index contributed by atoms with van der Waals surface area (Å²) in [6, 6.07) is 6.07. The predicted octanol–water partition coefficient (Wildman–Crippen LogP) is 4.05. The quantitative estimate of drug-likeness (QED) is 0.619. The molecular weight excluding hydrogens is 292 g/mol. The van der Waals surface area contributed by atoms with Crippen LogP contribution in [-0.4, -0.2) is 10.5 Å². The molecule has 0 radical (unpaired) electrons. The molecular formula is C14H22N2O2S2. The Bertz CT molecular complexity index is 447. The van der Waals surface area contributed by atoms with E-state index in [0.717, 1.165) is 31.4 Å². The summed E-state index contributed by atoms with van der Waals surface area (Å²) in [5, 5.41) is 1.84. The van der Waals surface area contributed by atoms with E-state index in [1.165, 1.54) is 11.1 Å². The van der Waals surface area contributed by atoms with Crippen molar-refractivity contribution in [3.63, 3.8) is 0 Å². The van der Waals surface area contributed by atoms with E-state index < -0.39 is 5.24 Å². The third kappa shape index (κ3) is 8.12. The number of rotatable bonds is 5. The molecule has 0 atom stereocenters. The van der Waals surface area contributed by atoms with Crippen molar-refractivity contribution < 1.29 is 9.59 Å². The molecule has 2 amide bonds. The summed E-state index contributed by atoms with van der Waals surface area (Å²) in [6.45, 7) is 4.31. The van der Waals surface area contributed by atoms with Crippen LogP contribution in [0.25, 0.3) is 0 Å². The molecule has 0 heterocycles. The van der Waals surface area contributed by atoms with Gasteiger partial charge in [0.2, 0.25) is 0 Å². The molecule has 1 aromatic carbocycles. The molecule has 0 fully saturated rings. The van der Waals surface area contributed by atoms with Crippen molar-refractivity contribution in [2.75, 3.05) is 5.32 Å². The molecule has 0 spiro atoms. The van der Waals surface area contributed by atoms with Gasteiger partial charge < -0.3 is 11.1 Å². The minimum Gasteiger partial charge on any atom is -0.361 e. The summed E-state index contributed by atoms with van der Waals surface area (Å²) < 4.78 is 0. The Labute approximate surface area is 131 Å². The van der Waals surface area contributed by atoms with Gasteiger partial charge in [-0.25, -0.2) is 0 Å². The van der Waals surface area contributed by atoms with Crippen LogP contribution < -0.4 is 11.1 Å². The van der Waals surface area contributed by atoms with Crippen LogP contribution in [0, 0.1) is 0 Å². The molecule has 0 aliphatic heterocycles. The van der Waals surface area contributed by atoms with Crippen LogP contribution >= 0.6 is 25.3 Å². The molecule has 0 aliphatic rings. The fourth-order valence-electron chi connectivity index (χ4n) is 1.92. The first-order valence-corrected chi connectivity index (χ1v) is 7.40. The fourth-order valence-corrected chi connectivity index (χ4v) is 2.04. The van der Waals surface area contributed by atoms with E-state index in [1.807, 2.05) is 12.1 Å². The van der Waals surface area contributed by atoms with E-state index in [4.69, 9.17) is 4.79 Å². The van der Waals surface area contributed by atoms with Gasteiger partial charge in [-0.2, -0.15) is 0 Å². The maximum absolute atomic E-state index is 11.0. The molecule has 0 unspecified atom stereocenters. The normalized spacial score (nSPS) is 9.40. The highest BCUT2D eigenvalue weighted by molar-refractivity contribution is 7.97. The van der Waals surface area contributed by atoms with Gasteiger partial charge in [0.25, 0.3) is 10.5 Å². The molecule has 0 bridgehead atoms. The number of carbonyl (C=O) groups excluding carboxylic acids is 2. The maximum Gasteiger partial charge on any atom is 0.280 e. The van der Waals surface area contributed by atoms with Gasteiger partial charge in [-0.1, -0.05) is 64.1 Å². The molecule has 1 aromatic rings. The number of anilines is 1. The third-order valence-electron chi connectivity index (χ3n) is 2.53. The summed E-state index contributed by atoms with van der Waals surface area (Å²) in [7, 11) is 0. The highest BCUT2D eigenvalue weighted by Crippen LogP contribution is 2.23. The average Bonchev–Trinajstić information content (AvgIpc) is 2.32. The van der Waals surface area contributed by atoms with Crippen LogP contribution in [0.1, 0.15) is 37.8 Å². The highest BCUT2D eigenvalue weighted by atomic mass is 32.1. The molecule has 0 saturated heterocycles. The van der Waals surface area contributed by atoms with Gasteiger partial charge in [0, 0.05) is 5.69 Å². The zero-order valence-corrected chi connectivity index (χ0v) is 13.6. The third-order valence-corrected chi connectivity index (χ3v) is 2.65.